The summed E-state index contributed by atoms with van der Waals surface area (Å²) in [6.45, 7) is 11.8. The maximum absolute atomic E-state index is 11.3. The van der Waals surface area contributed by atoms with Gasteiger partial charge in [0.15, 0.2) is 5.78 Å². The quantitative estimate of drug-likeness (QED) is 0.663. The van der Waals surface area contributed by atoms with Crippen LogP contribution in [0.1, 0.15) is 40.4 Å². The van der Waals surface area contributed by atoms with Crippen LogP contribution in [0, 0.1) is 34.6 Å². The molecule has 1 aromatic carbocycles. The van der Waals surface area contributed by atoms with E-state index in [0.717, 1.165) is 27.7 Å². The van der Waals surface area contributed by atoms with Crippen LogP contribution in [0.3, 0.4) is 0 Å². The minimum absolute atomic E-state index is 0.0522. The topological polar surface area (TPSA) is 42.2 Å². The number of allylic oxidation sites excluding steroid dienone is 1. The summed E-state index contributed by atoms with van der Waals surface area (Å²) in [5.74, 6) is -0.0986. The zero-order valence-electron chi connectivity index (χ0n) is 13.9. The molecule has 112 valence electrons. The highest BCUT2D eigenvalue weighted by Gasteiger charge is 2.21. The number of rotatable bonds is 2. The maximum Gasteiger partial charge on any atom is 0.156 e. The second kappa shape index (κ2) is 5.06. The summed E-state index contributed by atoms with van der Waals surface area (Å²) in [6, 6.07) is 0. The molecular weight excluding hydrogens is 262 g/mol. The predicted molar refractivity (Wildman–Crippen MR) is 87.9 cm³/mol. The average Bonchev–Trinajstić information content (AvgIpc) is 2.66. The molecule has 0 aliphatic heterocycles. The summed E-state index contributed by atoms with van der Waals surface area (Å²) in [7, 11) is 2.00. The SMILES string of the molecule is CC(=O)C=C(O)c1c(C)n(C)c2c(C)c(C)c(C)c(C)c12. The minimum Gasteiger partial charge on any atom is -0.507 e. The number of nitrogens with zero attached hydrogens (tertiary/aromatic N) is 1. The van der Waals surface area contributed by atoms with Crippen molar-refractivity contribution in [2.24, 2.45) is 7.05 Å². The molecule has 0 saturated carbocycles. The van der Waals surface area contributed by atoms with E-state index in [1.807, 2.05) is 14.0 Å². The van der Waals surface area contributed by atoms with Crippen molar-refractivity contribution in [3.05, 3.63) is 39.6 Å². The monoisotopic (exact) mass is 285 g/mol. The summed E-state index contributed by atoms with van der Waals surface area (Å²) in [4.78, 5) is 11.3. The van der Waals surface area contributed by atoms with E-state index < -0.39 is 0 Å². The lowest BCUT2D eigenvalue weighted by atomic mass is 9.93. The van der Waals surface area contributed by atoms with Gasteiger partial charge in [-0.1, -0.05) is 0 Å². The van der Waals surface area contributed by atoms with Crippen molar-refractivity contribution in [3.63, 3.8) is 0 Å². The zero-order chi connectivity index (χ0) is 16.1. The highest BCUT2D eigenvalue weighted by molar-refractivity contribution is 6.02. The second-order valence-electron chi connectivity index (χ2n) is 5.88. The van der Waals surface area contributed by atoms with Crippen LogP contribution < -0.4 is 0 Å². The molecule has 21 heavy (non-hydrogen) atoms. The van der Waals surface area contributed by atoms with E-state index in [1.165, 1.54) is 29.7 Å². The Morgan fingerprint density at radius 2 is 1.52 bits per heavy atom. The molecule has 1 heterocycles. The molecule has 0 aliphatic carbocycles. The number of carbonyl (C=O) groups is 1. The Morgan fingerprint density at radius 3 is 2.05 bits per heavy atom. The van der Waals surface area contributed by atoms with E-state index in [0.29, 0.717) is 0 Å². The van der Waals surface area contributed by atoms with Crippen LogP contribution in [0.2, 0.25) is 0 Å². The lowest BCUT2D eigenvalue weighted by molar-refractivity contribution is -0.112. The highest BCUT2D eigenvalue weighted by atomic mass is 16.3. The van der Waals surface area contributed by atoms with Gasteiger partial charge in [-0.15, -0.1) is 0 Å². The van der Waals surface area contributed by atoms with Gasteiger partial charge in [0.25, 0.3) is 0 Å². The van der Waals surface area contributed by atoms with Crippen LogP contribution in [-0.2, 0) is 11.8 Å². The first kappa shape index (κ1) is 15.4. The zero-order valence-corrected chi connectivity index (χ0v) is 13.9. The van der Waals surface area contributed by atoms with Crippen molar-refractivity contribution in [1.29, 1.82) is 0 Å². The van der Waals surface area contributed by atoms with Gasteiger partial charge in [-0.05, 0) is 63.8 Å². The standard InChI is InChI=1S/C18H23NO2/c1-9(20)8-15(21)17-14(6)19(7)18-13(5)11(3)10(2)12(4)16(17)18/h8,21H,1-7H3. The Labute approximate surface area is 125 Å². The van der Waals surface area contributed by atoms with Crippen molar-refractivity contribution < 1.29 is 9.90 Å². The molecule has 0 fully saturated rings. The fourth-order valence-electron chi connectivity index (χ4n) is 3.11. The second-order valence-corrected chi connectivity index (χ2v) is 5.88. The van der Waals surface area contributed by atoms with Crippen molar-refractivity contribution in [2.75, 3.05) is 0 Å². The number of aliphatic hydroxyl groups excluding tert-OH is 1. The highest BCUT2D eigenvalue weighted by Crippen LogP contribution is 2.37. The first-order valence-corrected chi connectivity index (χ1v) is 7.15. The summed E-state index contributed by atoms with van der Waals surface area (Å²) in [6.07, 6.45) is 1.30. The summed E-state index contributed by atoms with van der Waals surface area (Å²) in [5, 5.41) is 11.4. The first-order valence-electron chi connectivity index (χ1n) is 7.15. The molecule has 1 N–H and O–H groups in total. The van der Waals surface area contributed by atoms with Gasteiger partial charge < -0.3 is 9.67 Å². The lowest BCUT2D eigenvalue weighted by Crippen LogP contribution is -1.97. The molecule has 1 aromatic heterocycles. The number of aliphatic hydroxyl groups is 1. The van der Waals surface area contributed by atoms with E-state index in [4.69, 9.17) is 0 Å². The molecule has 0 aliphatic rings. The smallest absolute Gasteiger partial charge is 0.156 e. The Morgan fingerprint density at radius 1 is 1.00 bits per heavy atom. The van der Waals surface area contributed by atoms with E-state index in [1.54, 1.807) is 0 Å². The van der Waals surface area contributed by atoms with E-state index in [2.05, 4.69) is 32.3 Å². The number of hydrogen-bond acceptors (Lipinski definition) is 2. The lowest BCUT2D eigenvalue weighted by Gasteiger charge is -2.13. The van der Waals surface area contributed by atoms with E-state index in [-0.39, 0.29) is 11.5 Å². The van der Waals surface area contributed by atoms with Crippen LogP contribution >= 0.6 is 0 Å². The number of benzene rings is 1. The van der Waals surface area contributed by atoms with E-state index >= 15 is 0 Å². The third-order valence-corrected chi connectivity index (χ3v) is 4.70. The number of aryl methyl sites for hydroxylation is 3. The van der Waals surface area contributed by atoms with Crippen LogP contribution in [-0.4, -0.2) is 15.5 Å². The van der Waals surface area contributed by atoms with Crippen molar-refractivity contribution >= 4 is 22.4 Å². The summed E-state index contributed by atoms with van der Waals surface area (Å²) >= 11 is 0. The van der Waals surface area contributed by atoms with Crippen molar-refractivity contribution in [3.8, 4) is 0 Å². The van der Waals surface area contributed by atoms with Gasteiger partial charge in [-0.25, -0.2) is 0 Å². The number of hydrogen-bond donors (Lipinski definition) is 1. The average molecular weight is 285 g/mol. The number of fused-ring (bicyclic) bond motifs is 1. The normalized spacial score (nSPS) is 12.2. The fourth-order valence-corrected chi connectivity index (χ4v) is 3.11. The van der Waals surface area contributed by atoms with Crippen LogP contribution in [0.5, 0.6) is 0 Å². The van der Waals surface area contributed by atoms with Gasteiger partial charge in [0, 0.05) is 29.8 Å². The third kappa shape index (κ3) is 2.17. The maximum atomic E-state index is 11.3. The Bertz CT molecular complexity index is 792. The molecule has 2 aromatic rings. The van der Waals surface area contributed by atoms with Crippen LogP contribution in [0.25, 0.3) is 16.7 Å². The molecule has 0 spiro atoms. The molecule has 0 radical (unpaired) electrons. The van der Waals surface area contributed by atoms with Gasteiger partial charge in [0.1, 0.15) is 5.76 Å². The number of ketones is 1. The molecule has 3 heteroatoms. The van der Waals surface area contributed by atoms with Crippen molar-refractivity contribution in [1.82, 2.24) is 4.57 Å². The Kier molecular flexibility index (Phi) is 3.70. The molecule has 0 atom stereocenters. The predicted octanol–water partition coefficient (Wildman–Crippen LogP) is 4.21. The van der Waals surface area contributed by atoms with Gasteiger partial charge in [-0.2, -0.15) is 0 Å². The number of aromatic nitrogens is 1. The van der Waals surface area contributed by atoms with Gasteiger partial charge in [-0.3, -0.25) is 4.79 Å². The van der Waals surface area contributed by atoms with Crippen molar-refractivity contribution in [2.45, 2.75) is 41.5 Å². The number of carbonyl (C=O) groups excluding carboxylic acids is 1. The summed E-state index contributed by atoms with van der Waals surface area (Å²) < 4.78 is 2.10. The Balaban J connectivity index is 3.05. The minimum atomic E-state index is -0.151. The molecule has 0 saturated heterocycles. The summed E-state index contributed by atoms with van der Waals surface area (Å²) in [5.41, 5.74) is 7.77. The molecule has 2 rings (SSSR count). The van der Waals surface area contributed by atoms with Crippen LogP contribution in [0.15, 0.2) is 6.08 Å². The largest absolute Gasteiger partial charge is 0.507 e. The van der Waals surface area contributed by atoms with E-state index in [9.17, 15) is 9.90 Å². The molecule has 0 bridgehead atoms. The molecular formula is C18H23NO2. The third-order valence-electron chi connectivity index (χ3n) is 4.70. The van der Waals surface area contributed by atoms with Gasteiger partial charge in [0.05, 0.1) is 5.52 Å². The molecule has 0 amide bonds. The van der Waals surface area contributed by atoms with Crippen LogP contribution in [0.4, 0.5) is 0 Å². The molecule has 0 unspecified atom stereocenters. The Hall–Kier alpha value is -2.03. The first-order chi connectivity index (χ1) is 9.68. The molecule has 3 nitrogen and oxygen atoms in total. The fraction of sp³-hybridized carbons (Fsp3) is 0.389. The van der Waals surface area contributed by atoms with Gasteiger partial charge >= 0.3 is 0 Å². The van der Waals surface area contributed by atoms with Gasteiger partial charge in [0.2, 0.25) is 0 Å².